The van der Waals surface area contributed by atoms with E-state index < -0.39 is 0 Å². The first-order chi connectivity index (χ1) is 8.74. The lowest BCUT2D eigenvalue weighted by atomic mass is 10.0. The van der Waals surface area contributed by atoms with Gasteiger partial charge in [-0.1, -0.05) is 35.9 Å². The standard InChI is InChI=1S/C15H10ClNO/c16-15-9-8-13-12(2-1-3-14(13)17-15)10-4-6-11(18)7-5-10/h1-9,18H. The Morgan fingerprint density at radius 1 is 0.889 bits per heavy atom. The van der Waals surface area contributed by atoms with Crippen LogP contribution >= 0.6 is 11.6 Å². The molecule has 0 unspecified atom stereocenters. The van der Waals surface area contributed by atoms with Gasteiger partial charge in [0.05, 0.1) is 5.52 Å². The molecule has 0 saturated heterocycles. The molecule has 0 radical (unpaired) electrons. The van der Waals surface area contributed by atoms with Crippen LogP contribution < -0.4 is 0 Å². The number of hydrogen-bond acceptors (Lipinski definition) is 2. The van der Waals surface area contributed by atoms with E-state index in [1.807, 2.05) is 36.4 Å². The summed E-state index contributed by atoms with van der Waals surface area (Å²) in [5.41, 5.74) is 2.99. The van der Waals surface area contributed by atoms with Crippen LogP contribution in [0.1, 0.15) is 0 Å². The van der Waals surface area contributed by atoms with Crippen LogP contribution in [0, 0.1) is 0 Å². The van der Waals surface area contributed by atoms with Gasteiger partial charge in [-0.2, -0.15) is 0 Å². The van der Waals surface area contributed by atoms with Crippen molar-refractivity contribution in [3.8, 4) is 16.9 Å². The van der Waals surface area contributed by atoms with E-state index in [0.29, 0.717) is 5.15 Å². The molecule has 3 heteroatoms. The maximum absolute atomic E-state index is 9.32. The van der Waals surface area contributed by atoms with Crippen molar-refractivity contribution >= 4 is 22.5 Å². The summed E-state index contributed by atoms with van der Waals surface area (Å²) in [5.74, 6) is 0.264. The molecule has 0 amide bonds. The van der Waals surface area contributed by atoms with Crippen LogP contribution in [-0.4, -0.2) is 10.1 Å². The van der Waals surface area contributed by atoms with E-state index in [-0.39, 0.29) is 5.75 Å². The highest BCUT2D eigenvalue weighted by atomic mass is 35.5. The predicted octanol–water partition coefficient (Wildman–Crippen LogP) is 4.26. The van der Waals surface area contributed by atoms with Crippen molar-refractivity contribution < 1.29 is 5.11 Å². The fourth-order valence-corrected chi connectivity index (χ4v) is 2.18. The van der Waals surface area contributed by atoms with Gasteiger partial charge in [0.15, 0.2) is 0 Å². The van der Waals surface area contributed by atoms with Gasteiger partial charge < -0.3 is 5.11 Å². The Balaban J connectivity index is 2.26. The molecule has 3 rings (SSSR count). The van der Waals surface area contributed by atoms with Gasteiger partial charge >= 0.3 is 0 Å². The number of rotatable bonds is 1. The van der Waals surface area contributed by atoms with Gasteiger partial charge in [0.25, 0.3) is 0 Å². The fourth-order valence-electron chi connectivity index (χ4n) is 2.02. The average molecular weight is 256 g/mol. The Hall–Kier alpha value is -2.06. The van der Waals surface area contributed by atoms with E-state index >= 15 is 0 Å². The highest BCUT2D eigenvalue weighted by molar-refractivity contribution is 6.29. The quantitative estimate of drug-likeness (QED) is 0.659. The third kappa shape index (κ3) is 1.91. The van der Waals surface area contributed by atoms with E-state index in [0.717, 1.165) is 22.0 Å². The molecule has 0 bridgehead atoms. The maximum Gasteiger partial charge on any atom is 0.129 e. The molecule has 0 saturated carbocycles. The Kier molecular flexibility index (Phi) is 2.65. The lowest BCUT2D eigenvalue weighted by Crippen LogP contribution is -1.84. The molecule has 3 aromatic rings. The summed E-state index contributed by atoms with van der Waals surface area (Å²) in [7, 11) is 0. The zero-order valence-electron chi connectivity index (χ0n) is 9.47. The van der Waals surface area contributed by atoms with Crippen molar-refractivity contribution in [2.75, 3.05) is 0 Å². The molecule has 0 aliphatic rings. The zero-order valence-corrected chi connectivity index (χ0v) is 10.2. The van der Waals surface area contributed by atoms with E-state index in [4.69, 9.17) is 11.6 Å². The summed E-state index contributed by atoms with van der Waals surface area (Å²) in [4.78, 5) is 4.30. The number of nitrogens with zero attached hydrogens (tertiary/aromatic N) is 1. The number of benzene rings is 2. The topological polar surface area (TPSA) is 33.1 Å². The van der Waals surface area contributed by atoms with Crippen molar-refractivity contribution in [2.45, 2.75) is 0 Å². The number of phenolic OH excluding ortho intramolecular Hbond substituents is 1. The van der Waals surface area contributed by atoms with E-state index in [2.05, 4.69) is 4.98 Å². The second-order valence-electron chi connectivity index (χ2n) is 4.05. The van der Waals surface area contributed by atoms with Crippen molar-refractivity contribution in [3.63, 3.8) is 0 Å². The van der Waals surface area contributed by atoms with E-state index in [1.54, 1.807) is 18.2 Å². The number of hydrogen-bond donors (Lipinski definition) is 1. The average Bonchev–Trinajstić information content (AvgIpc) is 2.38. The molecule has 0 spiro atoms. The molecule has 0 aliphatic carbocycles. The molecule has 1 N–H and O–H groups in total. The summed E-state index contributed by atoms with van der Waals surface area (Å²) in [6.45, 7) is 0. The molecule has 1 aromatic heterocycles. The number of phenols is 1. The van der Waals surface area contributed by atoms with Crippen LogP contribution in [0.25, 0.3) is 22.0 Å². The second-order valence-corrected chi connectivity index (χ2v) is 4.44. The van der Waals surface area contributed by atoms with Crippen LogP contribution in [0.5, 0.6) is 5.75 Å². The molecule has 0 fully saturated rings. The highest BCUT2D eigenvalue weighted by Gasteiger charge is 2.04. The van der Waals surface area contributed by atoms with Crippen LogP contribution in [-0.2, 0) is 0 Å². The molecular formula is C15H10ClNO. The normalized spacial score (nSPS) is 10.7. The predicted molar refractivity (Wildman–Crippen MR) is 73.9 cm³/mol. The van der Waals surface area contributed by atoms with Gasteiger partial charge in [0.1, 0.15) is 10.9 Å². The summed E-state index contributed by atoms with van der Waals surface area (Å²) in [6.07, 6.45) is 0. The van der Waals surface area contributed by atoms with Crippen molar-refractivity contribution in [1.29, 1.82) is 0 Å². The molecule has 18 heavy (non-hydrogen) atoms. The van der Waals surface area contributed by atoms with Gasteiger partial charge in [-0.25, -0.2) is 4.98 Å². The molecular weight excluding hydrogens is 246 g/mol. The summed E-state index contributed by atoms with van der Waals surface area (Å²) in [5, 5.41) is 10.9. The van der Waals surface area contributed by atoms with E-state index in [1.165, 1.54) is 0 Å². The number of halogens is 1. The van der Waals surface area contributed by atoms with Crippen LogP contribution in [0.2, 0.25) is 5.15 Å². The second kappa shape index (κ2) is 4.31. The largest absolute Gasteiger partial charge is 0.508 e. The first-order valence-electron chi connectivity index (χ1n) is 5.59. The first-order valence-corrected chi connectivity index (χ1v) is 5.96. The molecule has 2 nitrogen and oxygen atoms in total. The SMILES string of the molecule is Oc1ccc(-c2cccc3nc(Cl)ccc23)cc1. The van der Waals surface area contributed by atoms with Gasteiger partial charge in [0, 0.05) is 5.39 Å². The fraction of sp³-hybridized carbons (Fsp3) is 0. The zero-order chi connectivity index (χ0) is 12.5. The smallest absolute Gasteiger partial charge is 0.129 e. The number of fused-ring (bicyclic) bond motifs is 1. The minimum absolute atomic E-state index is 0.264. The summed E-state index contributed by atoms with van der Waals surface area (Å²) >= 11 is 5.89. The monoisotopic (exact) mass is 255 g/mol. The molecule has 0 atom stereocenters. The molecule has 1 heterocycles. The summed E-state index contributed by atoms with van der Waals surface area (Å²) < 4.78 is 0. The number of pyridine rings is 1. The maximum atomic E-state index is 9.32. The van der Waals surface area contributed by atoms with Gasteiger partial charge in [-0.05, 0) is 41.5 Å². The summed E-state index contributed by atoms with van der Waals surface area (Å²) in [6, 6.07) is 16.8. The minimum atomic E-state index is 0.264. The van der Waals surface area contributed by atoms with Crippen molar-refractivity contribution in [1.82, 2.24) is 4.98 Å². The van der Waals surface area contributed by atoms with Gasteiger partial charge in [-0.15, -0.1) is 0 Å². The van der Waals surface area contributed by atoms with Crippen LogP contribution in [0.3, 0.4) is 0 Å². The Morgan fingerprint density at radius 3 is 2.44 bits per heavy atom. The van der Waals surface area contributed by atoms with Crippen LogP contribution in [0.15, 0.2) is 54.6 Å². The molecule has 88 valence electrons. The van der Waals surface area contributed by atoms with E-state index in [9.17, 15) is 5.11 Å². The molecule has 0 aliphatic heterocycles. The van der Waals surface area contributed by atoms with Crippen LogP contribution in [0.4, 0.5) is 0 Å². The third-order valence-electron chi connectivity index (χ3n) is 2.88. The van der Waals surface area contributed by atoms with Gasteiger partial charge in [-0.3, -0.25) is 0 Å². The number of aromatic hydroxyl groups is 1. The minimum Gasteiger partial charge on any atom is -0.508 e. The van der Waals surface area contributed by atoms with Gasteiger partial charge in [0.2, 0.25) is 0 Å². The Morgan fingerprint density at radius 2 is 1.67 bits per heavy atom. The first kappa shape index (κ1) is 11.1. The van der Waals surface area contributed by atoms with Crippen molar-refractivity contribution in [3.05, 3.63) is 59.8 Å². The Labute approximate surface area is 109 Å². The Bertz CT molecular complexity index is 707. The number of aromatic nitrogens is 1. The third-order valence-corrected chi connectivity index (χ3v) is 3.09. The lowest BCUT2D eigenvalue weighted by molar-refractivity contribution is 0.475. The van der Waals surface area contributed by atoms with Crippen molar-refractivity contribution in [2.24, 2.45) is 0 Å². The highest BCUT2D eigenvalue weighted by Crippen LogP contribution is 2.29. The molecule has 2 aromatic carbocycles. The lowest BCUT2D eigenvalue weighted by Gasteiger charge is -2.06.